The molecule has 6 aromatic carbocycles. The maximum atomic E-state index is 14.5. The van der Waals surface area contributed by atoms with Gasteiger partial charge in [0.1, 0.15) is 42.8 Å². The van der Waals surface area contributed by atoms with Gasteiger partial charge < -0.3 is 19.3 Å². The highest BCUT2D eigenvalue weighted by Crippen LogP contribution is 2.49. The molecular weight excluding hydrogens is 608 g/mol. The number of carbonyl (C=O) groups is 1. The molecule has 0 heterocycles. The van der Waals surface area contributed by atoms with Crippen LogP contribution in [0.4, 0.5) is 0 Å². The van der Waals surface area contributed by atoms with Crippen molar-refractivity contribution in [2.24, 2.45) is 5.92 Å². The van der Waals surface area contributed by atoms with Crippen molar-refractivity contribution in [1.82, 2.24) is 0 Å². The number of phenols is 1. The summed E-state index contributed by atoms with van der Waals surface area (Å²) in [6, 6.07) is 47.1. The molecule has 0 spiro atoms. The second-order valence-corrected chi connectivity index (χ2v) is 12.5. The predicted molar refractivity (Wildman–Crippen MR) is 192 cm³/mol. The van der Waals surface area contributed by atoms with Crippen molar-refractivity contribution < 1.29 is 24.1 Å². The molecule has 0 saturated heterocycles. The minimum absolute atomic E-state index is 0.0355. The number of ether oxygens (including phenoxy) is 3. The molecule has 0 aliphatic heterocycles. The van der Waals surface area contributed by atoms with Gasteiger partial charge >= 0.3 is 0 Å². The van der Waals surface area contributed by atoms with Gasteiger partial charge in [0.15, 0.2) is 5.78 Å². The Morgan fingerprint density at radius 1 is 0.592 bits per heavy atom. The lowest BCUT2D eigenvalue weighted by Crippen LogP contribution is -2.29. The SMILES string of the molecule is CC1C(=O)c2c(OCc3ccccc3)cc(OCc3ccccc3)c(-c3ccc(O)cc3)c2CC1c1ccc(OCc2ccccc2)cc1. The van der Waals surface area contributed by atoms with Crippen LogP contribution in [0.25, 0.3) is 11.1 Å². The molecule has 2 unspecified atom stereocenters. The fraction of sp³-hybridized carbons (Fsp3) is 0.159. The zero-order chi connectivity index (χ0) is 33.6. The second kappa shape index (κ2) is 14.5. The maximum Gasteiger partial charge on any atom is 0.170 e. The summed E-state index contributed by atoms with van der Waals surface area (Å²) in [6.45, 7) is 3.16. The third kappa shape index (κ3) is 7.21. The number of fused-ring (bicyclic) bond motifs is 1. The third-order valence-electron chi connectivity index (χ3n) is 9.23. The highest BCUT2D eigenvalue weighted by atomic mass is 16.5. The van der Waals surface area contributed by atoms with Gasteiger partial charge in [-0.3, -0.25) is 4.79 Å². The lowest BCUT2D eigenvalue weighted by atomic mass is 9.70. The van der Waals surface area contributed by atoms with Gasteiger partial charge in [0, 0.05) is 17.5 Å². The van der Waals surface area contributed by atoms with E-state index in [9.17, 15) is 9.90 Å². The Kier molecular flexibility index (Phi) is 9.42. The first kappa shape index (κ1) is 31.8. The molecule has 0 fully saturated rings. The van der Waals surface area contributed by atoms with E-state index in [-0.39, 0.29) is 23.4 Å². The molecule has 0 radical (unpaired) electrons. The molecule has 1 aliphatic rings. The van der Waals surface area contributed by atoms with Crippen molar-refractivity contribution >= 4 is 5.78 Å². The molecule has 0 bridgehead atoms. The molecular formula is C44H38O5. The van der Waals surface area contributed by atoms with E-state index >= 15 is 0 Å². The Labute approximate surface area is 287 Å². The summed E-state index contributed by atoms with van der Waals surface area (Å²) in [5, 5.41) is 10.2. The quantitative estimate of drug-likeness (QED) is 0.152. The fourth-order valence-electron chi connectivity index (χ4n) is 6.57. The fourth-order valence-corrected chi connectivity index (χ4v) is 6.57. The summed E-state index contributed by atoms with van der Waals surface area (Å²) >= 11 is 0. The van der Waals surface area contributed by atoms with Crippen LogP contribution in [0.3, 0.4) is 0 Å². The van der Waals surface area contributed by atoms with E-state index < -0.39 is 0 Å². The zero-order valence-corrected chi connectivity index (χ0v) is 27.4. The Morgan fingerprint density at radius 2 is 1.08 bits per heavy atom. The van der Waals surface area contributed by atoms with Crippen molar-refractivity contribution in [3.63, 3.8) is 0 Å². The van der Waals surface area contributed by atoms with Crippen molar-refractivity contribution in [2.75, 3.05) is 0 Å². The summed E-state index contributed by atoms with van der Waals surface area (Å²) in [7, 11) is 0. The van der Waals surface area contributed by atoms with Crippen LogP contribution in [0.5, 0.6) is 23.0 Å². The van der Waals surface area contributed by atoms with Gasteiger partial charge in [0.2, 0.25) is 0 Å². The van der Waals surface area contributed by atoms with Gasteiger partial charge in [-0.25, -0.2) is 0 Å². The first-order chi connectivity index (χ1) is 24.0. The van der Waals surface area contributed by atoms with Crippen molar-refractivity contribution in [2.45, 2.75) is 39.1 Å². The van der Waals surface area contributed by atoms with Crippen LogP contribution in [0.2, 0.25) is 0 Å². The van der Waals surface area contributed by atoms with Crippen LogP contribution in [-0.4, -0.2) is 10.9 Å². The number of phenolic OH excluding ortho intramolecular Hbond substituents is 1. The summed E-state index contributed by atoms with van der Waals surface area (Å²) in [4.78, 5) is 14.5. The van der Waals surface area contributed by atoms with Gasteiger partial charge in [-0.1, -0.05) is 122 Å². The van der Waals surface area contributed by atoms with Crippen LogP contribution in [0.15, 0.2) is 146 Å². The molecule has 1 aliphatic carbocycles. The first-order valence-electron chi connectivity index (χ1n) is 16.7. The Hall–Kier alpha value is -5.81. The summed E-state index contributed by atoms with van der Waals surface area (Å²) in [5.41, 5.74) is 7.39. The molecule has 7 rings (SSSR count). The molecule has 0 saturated carbocycles. The van der Waals surface area contributed by atoms with E-state index in [0.29, 0.717) is 43.3 Å². The minimum Gasteiger partial charge on any atom is -0.508 e. The van der Waals surface area contributed by atoms with Crippen molar-refractivity contribution in [1.29, 1.82) is 0 Å². The molecule has 0 aromatic heterocycles. The number of rotatable bonds is 11. The molecule has 5 heteroatoms. The Bertz CT molecular complexity index is 2010. The minimum atomic E-state index is -0.286. The number of carbonyl (C=O) groups excluding carboxylic acids is 1. The van der Waals surface area contributed by atoms with Gasteiger partial charge in [0.25, 0.3) is 0 Å². The number of hydrogen-bond donors (Lipinski definition) is 1. The number of ketones is 1. The van der Waals surface area contributed by atoms with Gasteiger partial charge in [-0.2, -0.15) is 0 Å². The molecule has 2 atom stereocenters. The maximum absolute atomic E-state index is 14.5. The average molecular weight is 647 g/mol. The van der Waals surface area contributed by atoms with Crippen LogP contribution < -0.4 is 14.2 Å². The largest absolute Gasteiger partial charge is 0.508 e. The monoisotopic (exact) mass is 646 g/mol. The number of hydrogen-bond acceptors (Lipinski definition) is 5. The van der Waals surface area contributed by atoms with Crippen LogP contribution >= 0.6 is 0 Å². The van der Waals surface area contributed by atoms with E-state index in [1.165, 1.54) is 0 Å². The van der Waals surface area contributed by atoms with E-state index in [1.807, 2.05) is 128 Å². The molecule has 6 aromatic rings. The number of aromatic hydroxyl groups is 1. The topological polar surface area (TPSA) is 65.0 Å². The standard InChI is InChI=1S/C44H38O5/c1-30-38(34-19-23-37(24-20-34)47-27-31-11-5-2-6-12-31)25-39-42(35-17-21-36(45)22-18-35)40(48-28-32-13-7-3-8-14-32)26-41(43(39)44(30)46)49-29-33-15-9-4-10-16-33/h2-24,26,30,38,45H,25,27-29H2,1H3. The van der Waals surface area contributed by atoms with E-state index in [4.69, 9.17) is 14.2 Å². The van der Waals surface area contributed by atoms with Gasteiger partial charge in [-0.15, -0.1) is 0 Å². The highest BCUT2D eigenvalue weighted by Gasteiger charge is 2.38. The van der Waals surface area contributed by atoms with Crippen LogP contribution in [0.1, 0.15) is 51.0 Å². The van der Waals surface area contributed by atoms with E-state index in [0.717, 1.165) is 44.7 Å². The molecule has 49 heavy (non-hydrogen) atoms. The van der Waals surface area contributed by atoms with Crippen molar-refractivity contribution in [3.05, 3.63) is 179 Å². The smallest absolute Gasteiger partial charge is 0.170 e. The van der Waals surface area contributed by atoms with Gasteiger partial charge in [0.05, 0.1) is 5.56 Å². The summed E-state index contributed by atoms with van der Waals surface area (Å²) in [6.07, 6.45) is 0.604. The summed E-state index contributed by atoms with van der Waals surface area (Å²) < 4.78 is 19.1. The zero-order valence-electron chi connectivity index (χ0n) is 27.4. The Balaban J connectivity index is 1.28. The third-order valence-corrected chi connectivity index (χ3v) is 9.23. The van der Waals surface area contributed by atoms with E-state index in [1.54, 1.807) is 12.1 Å². The lowest BCUT2D eigenvalue weighted by Gasteiger charge is -2.33. The van der Waals surface area contributed by atoms with Crippen LogP contribution in [-0.2, 0) is 26.2 Å². The molecule has 1 N–H and O–H groups in total. The highest BCUT2D eigenvalue weighted by molar-refractivity contribution is 6.05. The number of Topliss-reactive ketones (excluding diaryl/α,β-unsaturated/α-hetero) is 1. The van der Waals surface area contributed by atoms with Crippen LogP contribution in [0, 0.1) is 5.92 Å². The van der Waals surface area contributed by atoms with Gasteiger partial charge in [-0.05, 0) is 70.0 Å². The molecule has 0 amide bonds. The normalized spacial score (nSPS) is 15.3. The molecule has 244 valence electrons. The predicted octanol–water partition coefficient (Wildman–Crippen LogP) is 9.95. The lowest BCUT2D eigenvalue weighted by molar-refractivity contribution is 0.0892. The first-order valence-corrected chi connectivity index (χ1v) is 16.7. The Morgan fingerprint density at radius 3 is 1.61 bits per heavy atom. The second-order valence-electron chi connectivity index (χ2n) is 12.5. The number of benzene rings is 6. The average Bonchev–Trinajstić information content (AvgIpc) is 3.15. The van der Waals surface area contributed by atoms with Crippen molar-refractivity contribution in [3.8, 4) is 34.1 Å². The van der Waals surface area contributed by atoms with E-state index in [2.05, 4.69) is 12.1 Å². The summed E-state index contributed by atoms with van der Waals surface area (Å²) in [5.74, 6) is 1.77. The molecule has 5 nitrogen and oxygen atoms in total.